The van der Waals surface area contributed by atoms with Gasteiger partial charge in [-0.3, -0.25) is 0 Å². The molecule has 0 aromatic carbocycles. The first-order chi connectivity index (χ1) is 4.38. The largest absolute Gasteiger partial charge is 0.498 e. The van der Waals surface area contributed by atoms with Gasteiger partial charge in [-0.1, -0.05) is 6.92 Å². The van der Waals surface area contributed by atoms with Gasteiger partial charge in [0.25, 0.3) is 0 Å². The highest BCUT2D eigenvalue weighted by atomic mass is 16.5. The minimum Gasteiger partial charge on any atom is -0.498 e. The van der Waals surface area contributed by atoms with Gasteiger partial charge in [0, 0.05) is 0 Å². The Kier molecular flexibility index (Phi) is 1.95. The first-order valence-electron chi connectivity index (χ1n) is 3.13. The van der Waals surface area contributed by atoms with Crippen molar-refractivity contribution in [1.29, 1.82) is 0 Å². The molecule has 1 rings (SSSR count). The summed E-state index contributed by atoms with van der Waals surface area (Å²) in [6.45, 7) is 2.90. The van der Waals surface area contributed by atoms with Crippen LogP contribution in [0.2, 0.25) is 0 Å². The SMILES string of the molecule is CCC1=C(OC)CNN1. The van der Waals surface area contributed by atoms with Crippen LogP contribution in [0.15, 0.2) is 11.5 Å². The predicted octanol–water partition coefficient (Wildman–Crippen LogP) is 0.362. The summed E-state index contributed by atoms with van der Waals surface area (Å²) in [5, 5.41) is 0. The van der Waals surface area contributed by atoms with Gasteiger partial charge in [-0.15, -0.1) is 0 Å². The fourth-order valence-electron chi connectivity index (χ4n) is 0.888. The lowest BCUT2D eigenvalue weighted by molar-refractivity contribution is 0.284. The van der Waals surface area contributed by atoms with Gasteiger partial charge < -0.3 is 10.2 Å². The van der Waals surface area contributed by atoms with E-state index in [1.54, 1.807) is 7.11 Å². The smallest absolute Gasteiger partial charge is 0.131 e. The lowest BCUT2D eigenvalue weighted by Gasteiger charge is -1.99. The van der Waals surface area contributed by atoms with Crippen LogP contribution in [0.25, 0.3) is 0 Å². The van der Waals surface area contributed by atoms with E-state index in [4.69, 9.17) is 4.74 Å². The van der Waals surface area contributed by atoms with Crippen LogP contribution in [0.4, 0.5) is 0 Å². The Morgan fingerprint density at radius 3 is 2.89 bits per heavy atom. The molecule has 0 spiro atoms. The molecule has 0 saturated heterocycles. The molecule has 3 nitrogen and oxygen atoms in total. The molecule has 0 aromatic heterocycles. The van der Waals surface area contributed by atoms with Gasteiger partial charge in [-0.25, -0.2) is 5.43 Å². The second kappa shape index (κ2) is 2.73. The van der Waals surface area contributed by atoms with Gasteiger partial charge in [0.2, 0.25) is 0 Å². The van der Waals surface area contributed by atoms with Gasteiger partial charge in [0.1, 0.15) is 5.76 Å². The van der Waals surface area contributed by atoms with E-state index >= 15 is 0 Å². The lowest BCUT2D eigenvalue weighted by atomic mass is 10.3. The molecule has 0 saturated carbocycles. The molecule has 0 amide bonds. The molecular weight excluding hydrogens is 116 g/mol. The second-order valence-corrected chi connectivity index (χ2v) is 1.94. The minimum absolute atomic E-state index is 0.805. The minimum atomic E-state index is 0.805. The van der Waals surface area contributed by atoms with Crippen molar-refractivity contribution >= 4 is 0 Å². The Labute approximate surface area is 55.1 Å². The van der Waals surface area contributed by atoms with Gasteiger partial charge in [0.05, 0.1) is 19.4 Å². The van der Waals surface area contributed by atoms with E-state index in [2.05, 4.69) is 17.8 Å². The van der Waals surface area contributed by atoms with Crippen molar-refractivity contribution in [2.75, 3.05) is 13.7 Å². The number of methoxy groups -OCH3 is 1. The second-order valence-electron chi connectivity index (χ2n) is 1.94. The first kappa shape index (κ1) is 6.42. The Hall–Kier alpha value is -0.700. The molecule has 1 heterocycles. The van der Waals surface area contributed by atoms with Crippen LogP contribution in [-0.2, 0) is 4.74 Å². The molecule has 9 heavy (non-hydrogen) atoms. The van der Waals surface area contributed by atoms with Crippen LogP contribution < -0.4 is 10.9 Å². The molecule has 1 aliphatic rings. The molecule has 2 N–H and O–H groups in total. The molecule has 1 aliphatic heterocycles. The van der Waals surface area contributed by atoms with Crippen molar-refractivity contribution in [3.8, 4) is 0 Å². The molecule has 52 valence electrons. The number of ether oxygens (including phenoxy) is 1. The number of hydrogen-bond donors (Lipinski definition) is 2. The van der Waals surface area contributed by atoms with Crippen molar-refractivity contribution in [1.82, 2.24) is 10.9 Å². The van der Waals surface area contributed by atoms with E-state index < -0.39 is 0 Å². The third kappa shape index (κ3) is 1.16. The van der Waals surface area contributed by atoms with Crippen LogP contribution >= 0.6 is 0 Å². The number of rotatable bonds is 2. The van der Waals surface area contributed by atoms with Crippen molar-refractivity contribution < 1.29 is 4.74 Å². The van der Waals surface area contributed by atoms with Crippen molar-refractivity contribution in [2.24, 2.45) is 0 Å². The molecule has 0 unspecified atom stereocenters. The Balaban J connectivity index is 2.59. The van der Waals surface area contributed by atoms with E-state index in [-0.39, 0.29) is 0 Å². The molecule has 0 fully saturated rings. The zero-order valence-electron chi connectivity index (χ0n) is 5.82. The zero-order valence-corrected chi connectivity index (χ0v) is 5.82. The molecule has 0 aromatic rings. The monoisotopic (exact) mass is 128 g/mol. The van der Waals surface area contributed by atoms with Gasteiger partial charge in [-0.05, 0) is 6.42 Å². The normalized spacial score (nSPS) is 18.0. The number of hydrazine groups is 1. The molecule has 0 atom stereocenters. The Morgan fingerprint density at radius 2 is 2.44 bits per heavy atom. The molecular formula is C6H12N2O. The first-order valence-corrected chi connectivity index (χ1v) is 3.13. The highest BCUT2D eigenvalue weighted by Crippen LogP contribution is 2.08. The topological polar surface area (TPSA) is 33.3 Å². The number of hydrogen-bond acceptors (Lipinski definition) is 3. The maximum Gasteiger partial charge on any atom is 0.131 e. The molecule has 0 bridgehead atoms. The Bertz CT molecular complexity index is 117. The summed E-state index contributed by atoms with van der Waals surface area (Å²) in [4.78, 5) is 0. The maximum atomic E-state index is 5.07. The van der Waals surface area contributed by atoms with Crippen molar-refractivity contribution in [2.45, 2.75) is 13.3 Å². The fraction of sp³-hybridized carbons (Fsp3) is 0.667. The molecule has 3 heteroatoms. The van der Waals surface area contributed by atoms with Crippen LogP contribution in [0.3, 0.4) is 0 Å². The summed E-state index contributed by atoms with van der Waals surface area (Å²) in [6.07, 6.45) is 0.996. The zero-order chi connectivity index (χ0) is 6.69. The third-order valence-electron chi connectivity index (χ3n) is 1.42. The van der Waals surface area contributed by atoms with E-state index in [0.717, 1.165) is 24.4 Å². The summed E-state index contributed by atoms with van der Waals surface area (Å²) >= 11 is 0. The summed E-state index contributed by atoms with van der Waals surface area (Å²) in [5.41, 5.74) is 7.15. The van der Waals surface area contributed by atoms with Crippen molar-refractivity contribution in [3.05, 3.63) is 11.5 Å². The van der Waals surface area contributed by atoms with E-state index in [1.807, 2.05) is 0 Å². The van der Waals surface area contributed by atoms with E-state index in [9.17, 15) is 0 Å². The van der Waals surface area contributed by atoms with Crippen molar-refractivity contribution in [3.63, 3.8) is 0 Å². The fourth-order valence-corrected chi connectivity index (χ4v) is 0.888. The summed E-state index contributed by atoms with van der Waals surface area (Å²) in [6, 6.07) is 0. The van der Waals surface area contributed by atoms with Crippen LogP contribution in [0.1, 0.15) is 13.3 Å². The average Bonchev–Trinajstić information content (AvgIpc) is 2.33. The summed E-state index contributed by atoms with van der Waals surface area (Å²) in [5.74, 6) is 1.03. The third-order valence-corrected chi connectivity index (χ3v) is 1.42. The summed E-state index contributed by atoms with van der Waals surface area (Å²) < 4.78 is 5.07. The van der Waals surface area contributed by atoms with E-state index in [0.29, 0.717) is 0 Å². The van der Waals surface area contributed by atoms with Crippen LogP contribution in [-0.4, -0.2) is 13.7 Å². The summed E-state index contributed by atoms with van der Waals surface area (Å²) in [7, 11) is 1.69. The van der Waals surface area contributed by atoms with Crippen LogP contribution in [0.5, 0.6) is 0 Å². The lowest BCUT2D eigenvalue weighted by Crippen LogP contribution is -2.23. The Morgan fingerprint density at radius 1 is 1.67 bits per heavy atom. The van der Waals surface area contributed by atoms with Gasteiger partial charge in [-0.2, -0.15) is 0 Å². The quantitative estimate of drug-likeness (QED) is 0.563. The van der Waals surface area contributed by atoms with Crippen LogP contribution in [0, 0.1) is 0 Å². The number of allylic oxidation sites excluding steroid dienone is 1. The highest BCUT2D eigenvalue weighted by molar-refractivity contribution is 5.11. The van der Waals surface area contributed by atoms with Gasteiger partial charge in [0.15, 0.2) is 0 Å². The maximum absolute atomic E-state index is 5.07. The highest BCUT2D eigenvalue weighted by Gasteiger charge is 2.10. The number of nitrogens with one attached hydrogen (secondary N) is 2. The van der Waals surface area contributed by atoms with Gasteiger partial charge >= 0.3 is 0 Å². The standard InChI is InChI=1S/C6H12N2O/c1-3-5-6(9-2)4-7-8-5/h7-8H,3-4H2,1-2H3. The average molecular weight is 128 g/mol. The molecule has 0 aliphatic carbocycles. The molecule has 0 radical (unpaired) electrons. The van der Waals surface area contributed by atoms with E-state index in [1.165, 1.54) is 0 Å². The predicted molar refractivity (Wildman–Crippen MR) is 35.5 cm³/mol.